The van der Waals surface area contributed by atoms with E-state index >= 15 is 4.79 Å². The molecule has 0 bridgehead atoms. The lowest BCUT2D eigenvalue weighted by molar-refractivity contribution is -0.178. The Labute approximate surface area is 357 Å². The van der Waals surface area contributed by atoms with Crippen molar-refractivity contribution in [2.75, 3.05) is 24.7 Å². The van der Waals surface area contributed by atoms with Gasteiger partial charge in [0.05, 0.1) is 42.9 Å². The molecule has 5 aromatic rings. The number of ether oxygens (including phenoxy) is 2. The highest BCUT2D eigenvalue weighted by molar-refractivity contribution is 6.24. The summed E-state index contributed by atoms with van der Waals surface area (Å²) in [5.41, 5.74) is 13.0. The number of carbonyl (C=O) groups excluding carboxylic acids is 5. The molecule has 0 aliphatic carbocycles. The van der Waals surface area contributed by atoms with Crippen molar-refractivity contribution in [3.8, 4) is 17.6 Å². The van der Waals surface area contributed by atoms with Crippen LogP contribution in [0.4, 0.5) is 15.3 Å². The number of imide groups is 1. The SMILES string of the molecule is CC(NC(=O)N1C(=O)C2(c3cc(C#CCNC(N)=O)ccc31)C(C(N)=O)C1C(=O)OC(c3ccccc3)C(c3ccccc3)N1C2c1cccc(OCCO)c1)c1ccccc1. The molecule has 14 heteroatoms. The number of amides is 6. The molecule has 0 radical (unpaired) electrons. The van der Waals surface area contributed by atoms with Gasteiger partial charge in [-0.3, -0.25) is 19.3 Å². The Hall–Kier alpha value is -7.47. The molecule has 7 unspecified atom stereocenters. The van der Waals surface area contributed by atoms with E-state index in [-0.39, 0.29) is 31.0 Å². The third-order valence-corrected chi connectivity index (χ3v) is 11.7. The Morgan fingerprint density at radius 2 is 1.50 bits per heavy atom. The number of hydrogen-bond acceptors (Lipinski definition) is 9. The van der Waals surface area contributed by atoms with Crippen LogP contribution in [-0.4, -0.2) is 65.7 Å². The maximum atomic E-state index is 16.1. The maximum absolute atomic E-state index is 16.1. The molecule has 0 aromatic heterocycles. The number of hydrogen-bond donors (Lipinski definition) is 5. The van der Waals surface area contributed by atoms with Gasteiger partial charge in [0, 0.05) is 5.56 Å². The zero-order chi connectivity index (χ0) is 43.5. The van der Waals surface area contributed by atoms with Crippen molar-refractivity contribution in [2.24, 2.45) is 17.4 Å². The first kappa shape index (κ1) is 41.3. The zero-order valence-electron chi connectivity index (χ0n) is 33.6. The minimum absolute atomic E-state index is 0.0352. The van der Waals surface area contributed by atoms with Gasteiger partial charge in [-0.15, -0.1) is 0 Å². The number of carbonyl (C=O) groups is 5. The molecule has 3 aliphatic heterocycles. The van der Waals surface area contributed by atoms with Crippen molar-refractivity contribution in [1.29, 1.82) is 0 Å². The Kier molecular flexibility index (Phi) is 11.5. The van der Waals surface area contributed by atoms with Crippen LogP contribution >= 0.6 is 0 Å². The highest BCUT2D eigenvalue weighted by Crippen LogP contribution is 2.66. The molecule has 2 fully saturated rings. The molecule has 8 rings (SSSR count). The number of nitrogens with two attached hydrogens (primary N) is 2. The van der Waals surface area contributed by atoms with E-state index in [0.717, 1.165) is 16.0 Å². The molecule has 314 valence electrons. The van der Waals surface area contributed by atoms with E-state index in [2.05, 4.69) is 22.5 Å². The van der Waals surface area contributed by atoms with Gasteiger partial charge < -0.3 is 36.7 Å². The standard InChI is InChI=1S/C48H44N6O8/c1-29(31-14-5-2-6-15-31)52-47(60)53-37-23-22-30(13-12-24-51-46(50)59)27-36(37)48(45(53)58)38(43(49)56)40-44(57)62-41(33-18-9-4-10-19-33)39(32-16-7-3-8-17-32)54(40)42(48)34-20-11-21-35(28-34)61-26-25-55/h2-11,14-23,27-29,38-42,55H,24-26H2,1H3,(H2,49,56)(H,52,60)(H3,50,51,59). The van der Waals surface area contributed by atoms with Crippen LogP contribution in [-0.2, 0) is 24.5 Å². The van der Waals surface area contributed by atoms with Gasteiger partial charge in [0.15, 0.2) is 0 Å². The summed E-state index contributed by atoms with van der Waals surface area (Å²) in [7, 11) is 0. The lowest BCUT2D eigenvalue weighted by atomic mass is 9.65. The van der Waals surface area contributed by atoms with Crippen molar-refractivity contribution >= 4 is 35.5 Å². The van der Waals surface area contributed by atoms with Crippen LogP contribution in [0.5, 0.6) is 5.75 Å². The van der Waals surface area contributed by atoms with E-state index in [0.29, 0.717) is 22.4 Å². The lowest BCUT2D eigenvalue weighted by Gasteiger charge is -2.46. The summed E-state index contributed by atoms with van der Waals surface area (Å²) < 4.78 is 12.3. The molecule has 2 saturated heterocycles. The molecular formula is C48H44N6O8. The zero-order valence-corrected chi connectivity index (χ0v) is 33.6. The molecule has 1 spiro atoms. The Morgan fingerprint density at radius 3 is 2.16 bits per heavy atom. The number of morpholine rings is 1. The summed E-state index contributed by atoms with van der Waals surface area (Å²) >= 11 is 0. The van der Waals surface area contributed by atoms with E-state index in [1.165, 1.54) is 0 Å². The van der Waals surface area contributed by atoms with Crippen LogP contribution in [0.15, 0.2) is 133 Å². The van der Waals surface area contributed by atoms with Gasteiger partial charge in [-0.1, -0.05) is 115 Å². The molecule has 3 heterocycles. The highest BCUT2D eigenvalue weighted by Gasteiger charge is 2.75. The molecule has 3 aliphatic rings. The monoisotopic (exact) mass is 832 g/mol. The predicted molar refractivity (Wildman–Crippen MR) is 228 cm³/mol. The van der Waals surface area contributed by atoms with Crippen LogP contribution in [0.1, 0.15) is 64.5 Å². The maximum Gasteiger partial charge on any atom is 0.329 e. The van der Waals surface area contributed by atoms with Crippen LogP contribution in [0.3, 0.4) is 0 Å². The minimum Gasteiger partial charge on any atom is -0.491 e. The third-order valence-electron chi connectivity index (χ3n) is 11.7. The van der Waals surface area contributed by atoms with E-state index in [1.807, 2.05) is 95.9 Å². The largest absolute Gasteiger partial charge is 0.491 e. The fourth-order valence-corrected chi connectivity index (χ4v) is 9.31. The quantitative estimate of drug-likeness (QED) is 0.0976. The van der Waals surface area contributed by atoms with E-state index in [4.69, 9.17) is 20.9 Å². The Morgan fingerprint density at radius 1 is 0.839 bits per heavy atom. The minimum atomic E-state index is -2.07. The van der Waals surface area contributed by atoms with Gasteiger partial charge in [0.1, 0.15) is 29.9 Å². The normalized spacial score (nSPS) is 23.0. The fourth-order valence-electron chi connectivity index (χ4n) is 9.31. The van der Waals surface area contributed by atoms with Crippen molar-refractivity contribution in [3.05, 3.63) is 167 Å². The van der Waals surface area contributed by atoms with Crippen LogP contribution in [0.2, 0.25) is 0 Å². The smallest absolute Gasteiger partial charge is 0.329 e. The number of aliphatic hydroxyl groups is 1. The number of aliphatic hydroxyl groups excluding tert-OH is 1. The van der Waals surface area contributed by atoms with Crippen LogP contribution in [0.25, 0.3) is 0 Å². The van der Waals surface area contributed by atoms with Gasteiger partial charge in [-0.2, -0.15) is 0 Å². The number of fused-ring (bicyclic) bond motifs is 3. The number of urea groups is 2. The number of cyclic esters (lactones) is 1. The first-order valence-electron chi connectivity index (χ1n) is 20.1. The predicted octanol–water partition coefficient (Wildman–Crippen LogP) is 4.70. The summed E-state index contributed by atoms with van der Waals surface area (Å²) in [5.74, 6) is 2.03. The van der Waals surface area contributed by atoms with Crippen LogP contribution in [0, 0.1) is 17.8 Å². The van der Waals surface area contributed by atoms with E-state index < -0.39 is 71.5 Å². The number of nitrogens with one attached hydrogen (secondary N) is 2. The third kappa shape index (κ3) is 7.27. The molecule has 5 aromatic carbocycles. The second-order valence-corrected chi connectivity index (χ2v) is 15.3. The van der Waals surface area contributed by atoms with Crippen molar-refractivity contribution in [1.82, 2.24) is 15.5 Å². The molecule has 7 atom stereocenters. The summed E-state index contributed by atoms with van der Waals surface area (Å²) in [6, 6.07) is 33.9. The second kappa shape index (κ2) is 17.3. The average molecular weight is 833 g/mol. The van der Waals surface area contributed by atoms with E-state index in [9.17, 15) is 24.3 Å². The summed E-state index contributed by atoms with van der Waals surface area (Å²) in [4.78, 5) is 74.6. The highest BCUT2D eigenvalue weighted by atomic mass is 16.6. The topological polar surface area (TPSA) is 207 Å². The molecule has 6 amide bonds. The fraction of sp³-hybridized carbons (Fsp3) is 0.229. The number of esters is 1. The number of anilines is 1. The first-order chi connectivity index (χ1) is 30.1. The lowest BCUT2D eigenvalue weighted by Crippen LogP contribution is -2.55. The van der Waals surface area contributed by atoms with Crippen molar-refractivity contribution < 1.29 is 38.6 Å². The number of benzene rings is 5. The van der Waals surface area contributed by atoms with Crippen molar-refractivity contribution in [2.45, 2.75) is 42.6 Å². The van der Waals surface area contributed by atoms with Gasteiger partial charge in [0.25, 0.3) is 0 Å². The number of rotatable bonds is 10. The second-order valence-electron chi connectivity index (χ2n) is 15.3. The molecule has 14 nitrogen and oxygen atoms in total. The summed E-state index contributed by atoms with van der Waals surface area (Å²) in [5, 5.41) is 15.1. The van der Waals surface area contributed by atoms with Crippen molar-refractivity contribution in [3.63, 3.8) is 0 Å². The van der Waals surface area contributed by atoms with Gasteiger partial charge >= 0.3 is 18.0 Å². The molecule has 62 heavy (non-hydrogen) atoms. The Bertz CT molecular complexity index is 2580. The first-order valence-corrected chi connectivity index (χ1v) is 20.1. The number of nitrogens with zero attached hydrogens (tertiary/aromatic N) is 2. The average Bonchev–Trinajstić information content (AvgIpc) is 3.74. The van der Waals surface area contributed by atoms with E-state index in [1.54, 1.807) is 49.4 Å². The Balaban J connectivity index is 1.41. The van der Waals surface area contributed by atoms with Gasteiger partial charge in [-0.05, 0) is 65.1 Å². The molecule has 7 N–H and O–H groups in total. The molecule has 0 saturated carbocycles. The van der Waals surface area contributed by atoms with Gasteiger partial charge in [-0.25, -0.2) is 14.5 Å². The summed E-state index contributed by atoms with van der Waals surface area (Å²) in [6.45, 7) is 1.39. The van der Waals surface area contributed by atoms with Crippen LogP contribution < -0.4 is 31.7 Å². The summed E-state index contributed by atoms with van der Waals surface area (Å²) in [6.07, 6.45) is -0.931. The molecular weight excluding hydrogens is 789 g/mol. The van der Waals surface area contributed by atoms with Gasteiger partial charge in [0.2, 0.25) is 11.8 Å². The number of primary amides is 2.